The van der Waals surface area contributed by atoms with E-state index in [0.29, 0.717) is 23.3 Å². The lowest BCUT2D eigenvalue weighted by Gasteiger charge is -2.26. The van der Waals surface area contributed by atoms with Gasteiger partial charge in [0.1, 0.15) is 11.5 Å². The van der Waals surface area contributed by atoms with E-state index in [2.05, 4.69) is 43.0 Å². The molecule has 19 heavy (non-hydrogen) atoms. The quantitative estimate of drug-likeness (QED) is 0.856. The molecule has 0 saturated heterocycles. The number of nitrogens with zero attached hydrogens (tertiary/aromatic N) is 3. The summed E-state index contributed by atoms with van der Waals surface area (Å²) in [4.78, 5) is 22.6. The van der Waals surface area contributed by atoms with Gasteiger partial charge in [-0.2, -0.15) is 0 Å². The first-order chi connectivity index (χ1) is 8.93. The van der Waals surface area contributed by atoms with Gasteiger partial charge < -0.3 is 10.2 Å². The van der Waals surface area contributed by atoms with Crippen molar-refractivity contribution in [2.75, 3.05) is 25.5 Å². The lowest BCUT2D eigenvalue weighted by atomic mass is 10.1. The van der Waals surface area contributed by atoms with E-state index in [1.165, 1.54) is 6.20 Å². The monoisotopic (exact) mass is 264 g/mol. The van der Waals surface area contributed by atoms with Crippen LogP contribution in [0.15, 0.2) is 12.4 Å². The average molecular weight is 264 g/mol. The number of aromatic nitrogens is 2. The Morgan fingerprint density at radius 3 is 2.11 bits per heavy atom. The molecule has 5 heteroatoms. The van der Waals surface area contributed by atoms with Gasteiger partial charge in [0.2, 0.25) is 0 Å². The van der Waals surface area contributed by atoms with Crippen LogP contribution in [0.5, 0.6) is 0 Å². The Kier molecular flexibility index (Phi) is 5.73. The van der Waals surface area contributed by atoms with E-state index in [4.69, 9.17) is 0 Å². The maximum atomic E-state index is 12.4. The molecule has 1 N–H and O–H groups in total. The molecule has 0 saturated carbocycles. The Morgan fingerprint density at radius 1 is 1.16 bits per heavy atom. The number of carbonyl (C=O) groups is 1. The molecule has 0 bridgehead atoms. The van der Waals surface area contributed by atoms with Crippen molar-refractivity contribution in [3.63, 3.8) is 0 Å². The molecule has 0 aliphatic heterocycles. The van der Waals surface area contributed by atoms with Crippen molar-refractivity contribution in [1.29, 1.82) is 0 Å². The molecule has 0 unspecified atom stereocenters. The summed E-state index contributed by atoms with van der Waals surface area (Å²) in [6, 6.07) is 0. The minimum atomic E-state index is -0.0439. The highest BCUT2D eigenvalue weighted by Crippen LogP contribution is 2.09. The molecule has 1 amide bonds. The Balaban J connectivity index is 2.84. The third-order valence-electron chi connectivity index (χ3n) is 2.59. The highest BCUT2D eigenvalue weighted by atomic mass is 16.2. The maximum absolute atomic E-state index is 12.4. The Bertz CT molecular complexity index is 390. The topological polar surface area (TPSA) is 58.1 Å². The summed E-state index contributed by atoms with van der Waals surface area (Å²) in [6.45, 7) is 9.92. The number of rotatable bonds is 6. The molecule has 0 spiro atoms. The van der Waals surface area contributed by atoms with Gasteiger partial charge in [-0.05, 0) is 11.8 Å². The molecule has 0 aromatic carbocycles. The Morgan fingerprint density at radius 2 is 1.74 bits per heavy atom. The molecular weight excluding hydrogens is 240 g/mol. The molecule has 0 aliphatic carbocycles. The lowest BCUT2D eigenvalue weighted by Crippen LogP contribution is -2.37. The third-order valence-corrected chi connectivity index (χ3v) is 2.59. The van der Waals surface area contributed by atoms with Crippen LogP contribution in [-0.2, 0) is 0 Å². The van der Waals surface area contributed by atoms with Gasteiger partial charge in [0.25, 0.3) is 5.91 Å². The highest BCUT2D eigenvalue weighted by molar-refractivity contribution is 5.92. The number of anilines is 1. The van der Waals surface area contributed by atoms with Crippen LogP contribution in [0, 0.1) is 11.8 Å². The first kappa shape index (κ1) is 15.4. The third kappa shape index (κ3) is 4.85. The molecule has 0 fully saturated rings. The van der Waals surface area contributed by atoms with Crippen LogP contribution in [0.2, 0.25) is 0 Å². The molecule has 1 heterocycles. The minimum absolute atomic E-state index is 0.0439. The largest absolute Gasteiger partial charge is 0.372 e. The smallest absolute Gasteiger partial charge is 0.274 e. The summed E-state index contributed by atoms with van der Waals surface area (Å²) in [5, 5.41) is 2.89. The molecule has 0 radical (unpaired) electrons. The number of nitrogens with one attached hydrogen (secondary N) is 1. The van der Waals surface area contributed by atoms with Crippen molar-refractivity contribution in [3.8, 4) is 0 Å². The standard InChI is InChI=1S/C14H24N4O/c1-10(2)8-18(9-11(3)4)14(19)12-6-17-13(15-5)7-16-12/h6-7,10-11H,8-9H2,1-5H3,(H,15,17). The molecule has 0 aliphatic rings. The summed E-state index contributed by atoms with van der Waals surface area (Å²) in [5.74, 6) is 1.49. The van der Waals surface area contributed by atoms with E-state index in [0.717, 1.165) is 13.1 Å². The fraction of sp³-hybridized carbons (Fsp3) is 0.643. The summed E-state index contributed by atoms with van der Waals surface area (Å²) in [6.07, 6.45) is 3.11. The number of carbonyl (C=O) groups excluding carboxylic acids is 1. The second-order valence-corrected chi connectivity index (χ2v) is 5.53. The van der Waals surface area contributed by atoms with Gasteiger partial charge in [0, 0.05) is 20.1 Å². The molecular formula is C14H24N4O. The van der Waals surface area contributed by atoms with Crippen molar-refractivity contribution >= 4 is 11.7 Å². The summed E-state index contributed by atoms with van der Waals surface area (Å²) in [7, 11) is 1.77. The molecule has 0 atom stereocenters. The van der Waals surface area contributed by atoms with Crippen LogP contribution in [0.25, 0.3) is 0 Å². The highest BCUT2D eigenvalue weighted by Gasteiger charge is 2.19. The molecule has 1 aromatic rings. The van der Waals surface area contributed by atoms with E-state index in [-0.39, 0.29) is 5.91 Å². The summed E-state index contributed by atoms with van der Waals surface area (Å²) >= 11 is 0. The van der Waals surface area contributed by atoms with Crippen LogP contribution in [0.4, 0.5) is 5.82 Å². The summed E-state index contributed by atoms with van der Waals surface area (Å²) < 4.78 is 0. The molecule has 106 valence electrons. The van der Waals surface area contributed by atoms with Crippen LogP contribution in [0.1, 0.15) is 38.2 Å². The van der Waals surface area contributed by atoms with Crippen molar-refractivity contribution in [2.24, 2.45) is 11.8 Å². The van der Waals surface area contributed by atoms with Crippen molar-refractivity contribution in [2.45, 2.75) is 27.7 Å². The van der Waals surface area contributed by atoms with Gasteiger partial charge in [-0.1, -0.05) is 27.7 Å². The van der Waals surface area contributed by atoms with Crippen LogP contribution < -0.4 is 5.32 Å². The predicted octanol–water partition coefficient (Wildman–Crippen LogP) is 2.27. The minimum Gasteiger partial charge on any atom is -0.372 e. The van der Waals surface area contributed by atoms with Gasteiger partial charge in [0.05, 0.1) is 12.4 Å². The number of hydrogen-bond donors (Lipinski definition) is 1. The maximum Gasteiger partial charge on any atom is 0.274 e. The van der Waals surface area contributed by atoms with Crippen LogP contribution in [0.3, 0.4) is 0 Å². The van der Waals surface area contributed by atoms with E-state index >= 15 is 0 Å². The predicted molar refractivity (Wildman–Crippen MR) is 77.2 cm³/mol. The van der Waals surface area contributed by atoms with Gasteiger partial charge in [-0.25, -0.2) is 9.97 Å². The van der Waals surface area contributed by atoms with E-state index in [9.17, 15) is 4.79 Å². The first-order valence-electron chi connectivity index (χ1n) is 6.73. The van der Waals surface area contributed by atoms with Crippen LogP contribution in [-0.4, -0.2) is 40.9 Å². The van der Waals surface area contributed by atoms with Gasteiger partial charge in [-0.3, -0.25) is 4.79 Å². The van der Waals surface area contributed by atoms with E-state index in [1.54, 1.807) is 13.2 Å². The second-order valence-electron chi connectivity index (χ2n) is 5.53. The number of hydrogen-bond acceptors (Lipinski definition) is 4. The molecule has 1 aromatic heterocycles. The second kappa shape index (κ2) is 7.07. The fourth-order valence-electron chi connectivity index (χ4n) is 1.85. The van der Waals surface area contributed by atoms with Crippen LogP contribution >= 0.6 is 0 Å². The lowest BCUT2D eigenvalue weighted by molar-refractivity contribution is 0.0708. The van der Waals surface area contributed by atoms with Gasteiger partial charge in [-0.15, -0.1) is 0 Å². The molecule has 5 nitrogen and oxygen atoms in total. The Labute approximate surface area is 115 Å². The number of amides is 1. The normalized spacial score (nSPS) is 10.9. The van der Waals surface area contributed by atoms with Crippen molar-refractivity contribution in [1.82, 2.24) is 14.9 Å². The van der Waals surface area contributed by atoms with Crippen molar-refractivity contribution in [3.05, 3.63) is 18.1 Å². The zero-order valence-electron chi connectivity index (χ0n) is 12.5. The zero-order valence-corrected chi connectivity index (χ0v) is 12.5. The first-order valence-corrected chi connectivity index (χ1v) is 6.73. The SMILES string of the molecule is CNc1cnc(C(=O)N(CC(C)C)CC(C)C)cn1. The zero-order chi connectivity index (χ0) is 14.4. The van der Waals surface area contributed by atoms with Gasteiger partial charge >= 0.3 is 0 Å². The van der Waals surface area contributed by atoms with Gasteiger partial charge in [0.15, 0.2) is 0 Å². The van der Waals surface area contributed by atoms with E-state index in [1.807, 2.05) is 4.90 Å². The Hall–Kier alpha value is -1.65. The summed E-state index contributed by atoms with van der Waals surface area (Å²) in [5.41, 5.74) is 0.403. The van der Waals surface area contributed by atoms with E-state index < -0.39 is 0 Å². The molecule has 1 rings (SSSR count). The fourth-order valence-corrected chi connectivity index (χ4v) is 1.85. The average Bonchev–Trinajstić information content (AvgIpc) is 2.36. The van der Waals surface area contributed by atoms with Crippen molar-refractivity contribution < 1.29 is 4.79 Å².